The molecule has 0 aromatic heterocycles. The van der Waals surface area contributed by atoms with Crippen molar-refractivity contribution in [3.63, 3.8) is 0 Å². The van der Waals surface area contributed by atoms with E-state index < -0.39 is 12.3 Å². The van der Waals surface area contributed by atoms with Gasteiger partial charge in [0, 0.05) is 0 Å². The summed E-state index contributed by atoms with van der Waals surface area (Å²) in [5, 5.41) is 55.9. The zero-order chi connectivity index (χ0) is 18.3. The molecule has 0 radical (unpaired) electrons. The molecule has 0 saturated heterocycles. The van der Waals surface area contributed by atoms with Gasteiger partial charge in [-0.2, -0.15) is 0 Å². The van der Waals surface area contributed by atoms with E-state index in [0.29, 0.717) is 0 Å². The molecule has 21 heavy (non-hydrogen) atoms. The van der Waals surface area contributed by atoms with Gasteiger partial charge >= 0.3 is 12.3 Å². The molecular weight excluding hydrogens is 308 g/mol. The average Bonchev–Trinajstić information content (AvgIpc) is 2.38. The fourth-order valence-corrected chi connectivity index (χ4v) is 0. The Morgan fingerprint density at radius 1 is 0.762 bits per heavy atom. The molecule has 0 atom stereocenters. The SMILES string of the molecule is CC(C)OO.COOO.COOO.O=C(O)O.O=C(O)O. The van der Waals surface area contributed by atoms with E-state index in [9.17, 15) is 0 Å². The second-order valence-corrected chi connectivity index (χ2v) is 2.20. The standard InChI is InChI=1S/C3H8O2.2CH4O3.2CH2O3/c1-3(2)5-4;2*1-3-4-2;2*2-1(3)4/h3-4H,1-2H3;2*2H,1H3;2*(H2,2,3,4). The summed E-state index contributed by atoms with van der Waals surface area (Å²) < 4.78 is 0. The van der Waals surface area contributed by atoms with Crippen molar-refractivity contribution in [1.29, 1.82) is 0 Å². The molecule has 0 unspecified atom stereocenters. The van der Waals surface area contributed by atoms with Crippen molar-refractivity contribution in [1.82, 2.24) is 0 Å². The minimum absolute atomic E-state index is 0.0602. The molecule has 14 nitrogen and oxygen atoms in total. The van der Waals surface area contributed by atoms with Crippen LogP contribution in [0.2, 0.25) is 0 Å². The van der Waals surface area contributed by atoms with Gasteiger partial charge in [-0.05, 0) is 13.8 Å². The van der Waals surface area contributed by atoms with Crippen molar-refractivity contribution < 1.29 is 70.5 Å². The maximum absolute atomic E-state index is 8.56. The molecule has 0 aromatic rings. The summed E-state index contributed by atoms with van der Waals surface area (Å²) in [7, 11) is 2.42. The predicted molar refractivity (Wildman–Crippen MR) is 61.6 cm³/mol. The second-order valence-electron chi connectivity index (χ2n) is 2.20. The predicted octanol–water partition coefficient (Wildman–Crippen LogP) is 1.40. The number of carboxylic acid groups (broad SMARTS) is 4. The highest BCUT2D eigenvalue weighted by molar-refractivity contribution is 5.53. The van der Waals surface area contributed by atoms with Gasteiger partial charge in [-0.1, -0.05) is 10.1 Å². The quantitative estimate of drug-likeness (QED) is 0.287. The Labute approximate surface area is 118 Å². The van der Waals surface area contributed by atoms with E-state index in [0.717, 1.165) is 0 Å². The van der Waals surface area contributed by atoms with Crippen molar-refractivity contribution in [3.05, 3.63) is 0 Å². The second kappa shape index (κ2) is 36.2. The lowest BCUT2D eigenvalue weighted by Gasteiger charge is -1.91. The Hall–Kier alpha value is -1.78. The van der Waals surface area contributed by atoms with Crippen LogP contribution >= 0.6 is 0 Å². The van der Waals surface area contributed by atoms with Gasteiger partial charge in [0.2, 0.25) is 0 Å². The van der Waals surface area contributed by atoms with Gasteiger partial charge in [0.25, 0.3) is 0 Å². The minimum Gasteiger partial charge on any atom is -0.450 e. The molecular formula is C7H20O14. The highest BCUT2D eigenvalue weighted by Crippen LogP contribution is 1.77. The van der Waals surface area contributed by atoms with E-state index >= 15 is 0 Å². The molecule has 0 aromatic carbocycles. The minimum atomic E-state index is -1.83. The Morgan fingerprint density at radius 3 is 0.857 bits per heavy atom. The number of hydrogen-bond donors (Lipinski definition) is 7. The molecule has 0 spiro atoms. The van der Waals surface area contributed by atoms with Crippen LogP contribution < -0.4 is 0 Å². The molecule has 0 amide bonds. The average molecular weight is 328 g/mol. The highest BCUT2D eigenvalue weighted by Gasteiger charge is 1.81. The summed E-state index contributed by atoms with van der Waals surface area (Å²) >= 11 is 0. The van der Waals surface area contributed by atoms with Crippen LogP contribution in [0.1, 0.15) is 13.8 Å². The van der Waals surface area contributed by atoms with Gasteiger partial charge in [-0.25, -0.2) is 34.8 Å². The van der Waals surface area contributed by atoms with Crippen molar-refractivity contribution in [2.45, 2.75) is 20.0 Å². The first-order valence-electron chi connectivity index (χ1n) is 4.39. The van der Waals surface area contributed by atoms with Crippen molar-refractivity contribution in [2.75, 3.05) is 14.2 Å². The number of carbonyl (C=O) groups is 2. The fourth-order valence-electron chi connectivity index (χ4n) is 0. The summed E-state index contributed by atoms with van der Waals surface area (Å²) in [4.78, 5) is 28.1. The Balaban J connectivity index is -0.0000000510. The van der Waals surface area contributed by atoms with Gasteiger partial charge < -0.3 is 20.4 Å². The molecule has 0 saturated carbocycles. The van der Waals surface area contributed by atoms with Gasteiger partial charge in [0.05, 0.1) is 20.3 Å². The van der Waals surface area contributed by atoms with Gasteiger partial charge in [-0.15, -0.1) is 0 Å². The van der Waals surface area contributed by atoms with Crippen LogP contribution in [0.15, 0.2) is 0 Å². The van der Waals surface area contributed by atoms with Crippen LogP contribution in [0.3, 0.4) is 0 Å². The molecule has 0 heterocycles. The van der Waals surface area contributed by atoms with E-state index in [4.69, 9.17) is 45.8 Å². The fraction of sp³-hybridized carbons (Fsp3) is 0.714. The van der Waals surface area contributed by atoms with E-state index in [-0.39, 0.29) is 6.10 Å². The van der Waals surface area contributed by atoms with Crippen molar-refractivity contribution in [3.8, 4) is 0 Å². The van der Waals surface area contributed by atoms with Crippen LogP contribution in [-0.2, 0) is 24.7 Å². The molecule has 0 aliphatic carbocycles. The largest absolute Gasteiger partial charge is 0.503 e. The molecule has 0 fully saturated rings. The monoisotopic (exact) mass is 328 g/mol. The zero-order valence-corrected chi connectivity index (χ0v) is 11.6. The molecule has 0 bridgehead atoms. The van der Waals surface area contributed by atoms with Gasteiger partial charge in [0.15, 0.2) is 0 Å². The van der Waals surface area contributed by atoms with Gasteiger partial charge in [-0.3, -0.25) is 5.26 Å². The first-order chi connectivity index (χ1) is 9.56. The zero-order valence-electron chi connectivity index (χ0n) is 11.6. The van der Waals surface area contributed by atoms with Crippen LogP contribution in [0, 0.1) is 0 Å². The third kappa shape index (κ3) is 973. The summed E-state index contributed by atoms with van der Waals surface area (Å²) in [6.07, 6.45) is -3.73. The van der Waals surface area contributed by atoms with Crippen LogP contribution in [0.5, 0.6) is 0 Å². The molecule has 0 aliphatic rings. The Bertz CT molecular complexity index is 154. The van der Waals surface area contributed by atoms with Gasteiger partial charge in [0.1, 0.15) is 0 Å². The lowest BCUT2D eigenvalue weighted by Crippen LogP contribution is -1.95. The van der Waals surface area contributed by atoms with E-state index in [1.54, 1.807) is 13.8 Å². The summed E-state index contributed by atoms with van der Waals surface area (Å²) in [5.74, 6) is 0. The summed E-state index contributed by atoms with van der Waals surface area (Å²) in [6.45, 7) is 3.50. The molecule has 0 rings (SSSR count). The van der Waals surface area contributed by atoms with Crippen LogP contribution in [0.25, 0.3) is 0 Å². The summed E-state index contributed by atoms with van der Waals surface area (Å²) in [5.41, 5.74) is 0. The molecule has 0 aliphatic heterocycles. The number of hydrogen-bond acceptors (Lipinski definition) is 10. The number of rotatable bonds is 3. The lowest BCUT2D eigenvalue weighted by molar-refractivity contribution is -0.479. The maximum atomic E-state index is 8.56. The summed E-state index contributed by atoms with van der Waals surface area (Å²) in [6, 6.07) is 0. The topological polar surface area (TPSA) is 222 Å². The van der Waals surface area contributed by atoms with Crippen LogP contribution in [0.4, 0.5) is 9.59 Å². The normalized spacial score (nSPS) is 7.43. The first-order valence-corrected chi connectivity index (χ1v) is 4.39. The Morgan fingerprint density at radius 2 is 0.857 bits per heavy atom. The molecule has 132 valence electrons. The van der Waals surface area contributed by atoms with Crippen molar-refractivity contribution >= 4 is 12.3 Å². The third-order valence-corrected chi connectivity index (χ3v) is 0.360. The highest BCUT2D eigenvalue weighted by atomic mass is 17.5. The van der Waals surface area contributed by atoms with E-state index in [1.165, 1.54) is 14.2 Å². The lowest BCUT2D eigenvalue weighted by atomic mass is 10.5. The van der Waals surface area contributed by atoms with E-state index in [2.05, 4.69) is 24.7 Å². The van der Waals surface area contributed by atoms with E-state index in [1.807, 2.05) is 0 Å². The van der Waals surface area contributed by atoms with Crippen molar-refractivity contribution in [2.24, 2.45) is 0 Å². The third-order valence-electron chi connectivity index (χ3n) is 0.360. The smallest absolute Gasteiger partial charge is 0.450 e. The molecule has 7 N–H and O–H groups in total. The van der Waals surface area contributed by atoms with Crippen LogP contribution in [-0.4, -0.2) is 68.8 Å². The maximum Gasteiger partial charge on any atom is 0.503 e. The first kappa shape index (κ1) is 31.6. The Kier molecular flexibility index (Phi) is 54.4. The molecule has 14 heteroatoms.